The highest BCUT2D eigenvalue weighted by atomic mass is 16.9. The average molecular weight is 269 g/mol. The molecule has 1 aliphatic rings. The van der Waals surface area contributed by atoms with Crippen LogP contribution in [0, 0.1) is 10.1 Å². The van der Waals surface area contributed by atoms with Gasteiger partial charge in [-0.25, -0.2) is 9.59 Å². The SMILES string of the molecule is COc1cc(N2NOC(=O)C(=O)O2)ccc1[N+](=O)[O-]. The van der Waals surface area contributed by atoms with Gasteiger partial charge in [-0.15, -0.1) is 5.17 Å². The van der Waals surface area contributed by atoms with Crippen molar-refractivity contribution in [1.82, 2.24) is 5.59 Å². The number of hydrogen-bond donors (Lipinski definition) is 1. The minimum Gasteiger partial charge on any atom is -0.490 e. The Morgan fingerprint density at radius 1 is 1.37 bits per heavy atom. The Morgan fingerprint density at radius 3 is 2.68 bits per heavy atom. The van der Waals surface area contributed by atoms with Crippen LogP contribution in [0.4, 0.5) is 11.4 Å². The fourth-order valence-electron chi connectivity index (χ4n) is 1.31. The van der Waals surface area contributed by atoms with E-state index in [4.69, 9.17) is 4.74 Å². The molecular weight excluding hydrogens is 262 g/mol. The van der Waals surface area contributed by atoms with Crippen molar-refractivity contribution in [3.63, 3.8) is 0 Å². The maximum atomic E-state index is 11.0. The highest BCUT2D eigenvalue weighted by molar-refractivity contribution is 6.30. The zero-order valence-electron chi connectivity index (χ0n) is 9.48. The van der Waals surface area contributed by atoms with Gasteiger partial charge in [0.05, 0.1) is 12.0 Å². The molecule has 100 valence electrons. The number of nitro groups is 1. The Labute approximate surface area is 105 Å². The molecule has 0 unspecified atom stereocenters. The van der Waals surface area contributed by atoms with E-state index in [0.717, 1.165) is 11.2 Å². The molecule has 0 aliphatic carbocycles. The van der Waals surface area contributed by atoms with Crippen LogP contribution in [0.1, 0.15) is 0 Å². The van der Waals surface area contributed by atoms with E-state index in [0.29, 0.717) is 0 Å². The number of nitro benzene ring substituents is 1. The van der Waals surface area contributed by atoms with Crippen LogP contribution >= 0.6 is 0 Å². The van der Waals surface area contributed by atoms with E-state index in [9.17, 15) is 19.7 Å². The van der Waals surface area contributed by atoms with Crippen LogP contribution in [0.15, 0.2) is 18.2 Å². The van der Waals surface area contributed by atoms with Gasteiger partial charge in [0, 0.05) is 12.1 Å². The van der Waals surface area contributed by atoms with Crippen molar-refractivity contribution < 1.29 is 28.9 Å². The minimum atomic E-state index is -1.23. The third-order valence-electron chi connectivity index (χ3n) is 2.16. The lowest BCUT2D eigenvalue weighted by Gasteiger charge is -2.25. The number of methoxy groups -OCH3 is 1. The predicted molar refractivity (Wildman–Crippen MR) is 57.4 cm³/mol. The van der Waals surface area contributed by atoms with E-state index < -0.39 is 16.9 Å². The van der Waals surface area contributed by atoms with Gasteiger partial charge in [-0.1, -0.05) is 0 Å². The number of ether oxygens (including phenoxy) is 1. The van der Waals surface area contributed by atoms with E-state index in [1.807, 2.05) is 5.59 Å². The second-order valence-corrected chi connectivity index (χ2v) is 3.27. The summed E-state index contributed by atoms with van der Waals surface area (Å²) in [5, 5.41) is 11.4. The van der Waals surface area contributed by atoms with Gasteiger partial charge >= 0.3 is 17.6 Å². The Bertz CT molecular complexity index is 559. The molecule has 0 spiro atoms. The number of nitrogens with one attached hydrogen (secondary N) is 1. The lowest BCUT2D eigenvalue weighted by molar-refractivity contribution is -0.385. The van der Waals surface area contributed by atoms with Gasteiger partial charge in [0.1, 0.15) is 5.69 Å². The fourth-order valence-corrected chi connectivity index (χ4v) is 1.31. The zero-order valence-corrected chi connectivity index (χ0v) is 9.48. The first kappa shape index (κ1) is 12.6. The van der Waals surface area contributed by atoms with Gasteiger partial charge in [0.15, 0.2) is 5.75 Å². The summed E-state index contributed by atoms with van der Waals surface area (Å²) in [5.74, 6) is -2.47. The van der Waals surface area contributed by atoms with E-state index in [-0.39, 0.29) is 17.1 Å². The molecule has 0 bridgehead atoms. The summed E-state index contributed by atoms with van der Waals surface area (Å²) in [6.07, 6.45) is 0. The summed E-state index contributed by atoms with van der Waals surface area (Å²) in [4.78, 5) is 40.7. The molecule has 0 amide bonds. The minimum absolute atomic E-state index is 0.0442. The monoisotopic (exact) mass is 269 g/mol. The second-order valence-electron chi connectivity index (χ2n) is 3.27. The predicted octanol–water partition coefficient (Wildman–Crippen LogP) is -0.156. The average Bonchev–Trinajstić information content (AvgIpc) is 2.41. The number of carbonyl (C=O) groups is 2. The van der Waals surface area contributed by atoms with Crippen molar-refractivity contribution >= 4 is 23.3 Å². The molecule has 1 fully saturated rings. The summed E-state index contributed by atoms with van der Waals surface area (Å²) in [6, 6.07) is 3.66. The number of hydrogen-bond acceptors (Lipinski definition) is 9. The number of carbonyl (C=O) groups excluding carboxylic acids is 2. The van der Waals surface area contributed by atoms with Gasteiger partial charge in [-0.3, -0.25) is 10.1 Å². The maximum Gasteiger partial charge on any atom is 0.444 e. The zero-order chi connectivity index (χ0) is 14.0. The van der Waals surface area contributed by atoms with Crippen molar-refractivity contribution in [2.75, 3.05) is 12.3 Å². The number of hydrazine groups is 1. The lowest BCUT2D eigenvalue weighted by Crippen LogP contribution is -2.49. The van der Waals surface area contributed by atoms with Crippen molar-refractivity contribution in [2.45, 2.75) is 0 Å². The van der Waals surface area contributed by atoms with Crippen LogP contribution in [-0.2, 0) is 19.3 Å². The summed E-state index contributed by atoms with van der Waals surface area (Å²) in [5.41, 5.74) is 1.94. The third kappa shape index (κ3) is 2.37. The molecule has 1 aromatic rings. The summed E-state index contributed by atoms with van der Waals surface area (Å²) in [7, 11) is 1.25. The standard InChI is InChI=1S/C9H7N3O7/c1-17-7-4-5(2-3-6(7)12(15)16)11-10-18-8(13)9(14)19-11/h2-4,10H,1H3. The Balaban J connectivity index is 2.29. The van der Waals surface area contributed by atoms with Gasteiger partial charge in [0.2, 0.25) is 0 Å². The van der Waals surface area contributed by atoms with E-state index in [1.165, 1.54) is 19.2 Å². The highest BCUT2D eigenvalue weighted by Crippen LogP contribution is 2.31. The van der Waals surface area contributed by atoms with Crippen molar-refractivity contribution in [2.24, 2.45) is 0 Å². The molecule has 1 N–H and O–H groups in total. The van der Waals surface area contributed by atoms with Crippen molar-refractivity contribution in [1.29, 1.82) is 0 Å². The van der Waals surface area contributed by atoms with E-state index in [1.54, 1.807) is 0 Å². The topological polar surface area (TPSA) is 120 Å². The van der Waals surface area contributed by atoms with Crippen LogP contribution < -0.4 is 15.5 Å². The summed E-state index contributed by atoms with van der Waals surface area (Å²) >= 11 is 0. The molecule has 0 atom stereocenters. The van der Waals surface area contributed by atoms with Crippen LogP contribution in [-0.4, -0.2) is 24.0 Å². The number of rotatable bonds is 3. The molecule has 2 rings (SSSR count). The van der Waals surface area contributed by atoms with Crippen LogP contribution in [0.5, 0.6) is 5.75 Å². The maximum absolute atomic E-state index is 11.0. The fraction of sp³-hybridized carbons (Fsp3) is 0.111. The first-order valence-electron chi connectivity index (χ1n) is 4.84. The molecule has 0 aromatic heterocycles. The van der Waals surface area contributed by atoms with Crippen LogP contribution in [0.3, 0.4) is 0 Å². The molecular formula is C9H7N3O7. The molecule has 0 radical (unpaired) electrons. The van der Waals surface area contributed by atoms with Crippen molar-refractivity contribution in [3.05, 3.63) is 28.3 Å². The summed E-state index contributed by atoms with van der Waals surface area (Å²) < 4.78 is 4.84. The molecule has 1 aromatic carbocycles. The van der Waals surface area contributed by atoms with E-state index in [2.05, 4.69) is 9.68 Å². The largest absolute Gasteiger partial charge is 0.490 e. The Kier molecular flexibility index (Phi) is 3.16. The van der Waals surface area contributed by atoms with Crippen LogP contribution in [0.2, 0.25) is 0 Å². The Hall–Kier alpha value is -2.88. The van der Waals surface area contributed by atoms with Crippen LogP contribution in [0.25, 0.3) is 0 Å². The highest BCUT2D eigenvalue weighted by Gasteiger charge is 2.30. The molecule has 1 heterocycles. The van der Waals surface area contributed by atoms with E-state index >= 15 is 0 Å². The first-order chi connectivity index (χ1) is 9.02. The quantitative estimate of drug-likeness (QED) is 0.453. The number of anilines is 1. The molecule has 19 heavy (non-hydrogen) atoms. The Morgan fingerprint density at radius 2 is 2.11 bits per heavy atom. The molecule has 10 heteroatoms. The lowest BCUT2D eigenvalue weighted by atomic mass is 10.2. The molecule has 0 saturated carbocycles. The second kappa shape index (κ2) is 4.78. The van der Waals surface area contributed by atoms with Gasteiger partial charge in [-0.2, -0.15) is 0 Å². The number of nitrogens with zero attached hydrogens (tertiary/aromatic N) is 2. The molecule has 10 nitrogen and oxygen atoms in total. The summed E-state index contributed by atoms with van der Waals surface area (Å²) in [6.45, 7) is 0. The number of benzene rings is 1. The van der Waals surface area contributed by atoms with Gasteiger partial charge in [-0.05, 0) is 11.7 Å². The van der Waals surface area contributed by atoms with Crippen molar-refractivity contribution in [3.8, 4) is 5.75 Å². The molecule has 1 saturated heterocycles. The van der Waals surface area contributed by atoms with Gasteiger partial charge in [0.25, 0.3) is 0 Å². The third-order valence-corrected chi connectivity index (χ3v) is 2.16. The molecule has 1 aliphatic heterocycles. The normalized spacial score (nSPS) is 14.7. The van der Waals surface area contributed by atoms with Gasteiger partial charge < -0.3 is 14.4 Å². The first-order valence-corrected chi connectivity index (χ1v) is 4.84. The smallest absolute Gasteiger partial charge is 0.444 e.